The van der Waals surface area contributed by atoms with Crippen LogP contribution in [0.3, 0.4) is 0 Å². The molecule has 0 aliphatic heterocycles. The molecule has 0 unspecified atom stereocenters. The lowest BCUT2D eigenvalue weighted by Gasteiger charge is -2.08. The zero-order valence-electron chi connectivity index (χ0n) is 14.7. The largest absolute Gasteiger partial charge is 0.494 e. The lowest BCUT2D eigenvalue weighted by Crippen LogP contribution is -2.23. The first-order valence-corrected chi connectivity index (χ1v) is 8.76. The molecule has 0 atom stereocenters. The highest BCUT2D eigenvalue weighted by atomic mass is 35.5. The molecule has 3 aromatic rings. The Balaban J connectivity index is 1.72. The number of carbonyl (C=O) groups excluding carboxylic acids is 1. The Morgan fingerprint density at radius 3 is 2.81 bits per heavy atom. The van der Waals surface area contributed by atoms with Crippen molar-refractivity contribution < 1.29 is 9.53 Å². The first kappa shape index (κ1) is 18.0. The topological polar surface area (TPSA) is 56.1 Å². The lowest BCUT2D eigenvalue weighted by atomic mass is 10.2. The predicted octanol–water partition coefficient (Wildman–Crippen LogP) is 4.16. The van der Waals surface area contributed by atoms with E-state index >= 15 is 0 Å². The van der Waals surface area contributed by atoms with Gasteiger partial charge in [-0.15, -0.1) is 0 Å². The average molecular weight is 370 g/mol. The molecule has 1 amide bonds. The highest BCUT2D eigenvalue weighted by Gasteiger charge is 2.15. The van der Waals surface area contributed by atoms with Gasteiger partial charge >= 0.3 is 0 Å². The van der Waals surface area contributed by atoms with Crippen molar-refractivity contribution in [2.75, 3.05) is 6.61 Å². The minimum absolute atomic E-state index is 0.169. The molecular weight excluding hydrogens is 350 g/mol. The molecule has 0 aliphatic carbocycles. The number of amides is 1. The molecule has 1 heterocycles. The standard InChI is InChI=1S/C20H20ClN3O2/c1-3-26-18-9-4-6-15(10-18)12-22-20(25)19-13-23-24(14(19)2)17-8-5-7-16(21)11-17/h4-11,13H,3,12H2,1-2H3,(H,22,25). The molecule has 2 aromatic carbocycles. The van der Waals surface area contributed by atoms with Gasteiger partial charge in [-0.25, -0.2) is 4.68 Å². The second kappa shape index (κ2) is 8.06. The minimum Gasteiger partial charge on any atom is -0.494 e. The van der Waals surface area contributed by atoms with Gasteiger partial charge < -0.3 is 10.1 Å². The van der Waals surface area contributed by atoms with Gasteiger partial charge in [-0.3, -0.25) is 4.79 Å². The van der Waals surface area contributed by atoms with E-state index in [1.165, 1.54) is 0 Å². The van der Waals surface area contributed by atoms with E-state index in [4.69, 9.17) is 16.3 Å². The molecule has 0 spiro atoms. The number of benzene rings is 2. The van der Waals surface area contributed by atoms with Crippen molar-refractivity contribution in [1.82, 2.24) is 15.1 Å². The summed E-state index contributed by atoms with van der Waals surface area (Å²) in [4.78, 5) is 12.5. The quantitative estimate of drug-likeness (QED) is 0.709. The number of ether oxygens (including phenoxy) is 1. The van der Waals surface area contributed by atoms with Crippen LogP contribution in [0.4, 0.5) is 0 Å². The summed E-state index contributed by atoms with van der Waals surface area (Å²) in [6.45, 7) is 4.83. The molecule has 0 bridgehead atoms. The number of hydrogen-bond acceptors (Lipinski definition) is 3. The molecule has 6 heteroatoms. The number of hydrogen-bond donors (Lipinski definition) is 1. The third-order valence-electron chi connectivity index (χ3n) is 3.97. The van der Waals surface area contributed by atoms with Crippen LogP contribution in [0.2, 0.25) is 5.02 Å². The molecule has 0 fully saturated rings. The van der Waals surface area contributed by atoms with Crippen LogP contribution in [-0.4, -0.2) is 22.3 Å². The summed E-state index contributed by atoms with van der Waals surface area (Å²) in [5.74, 6) is 0.627. The molecule has 0 radical (unpaired) electrons. The summed E-state index contributed by atoms with van der Waals surface area (Å²) < 4.78 is 7.19. The van der Waals surface area contributed by atoms with Crippen LogP contribution in [0, 0.1) is 6.92 Å². The van der Waals surface area contributed by atoms with Crippen molar-refractivity contribution in [1.29, 1.82) is 0 Å². The van der Waals surface area contributed by atoms with Crippen LogP contribution in [0.1, 0.15) is 28.5 Å². The van der Waals surface area contributed by atoms with Crippen molar-refractivity contribution >= 4 is 17.5 Å². The Morgan fingerprint density at radius 1 is 1.23 bits per heavy atom. The van der Waals surface area contributed by atoms with E-state index in [-0.39, 0.29) is 5.91 Å². The van der Waals surface area contributed by atoms with E-state index in [2.05, 4.69) is 10.4 Å². The van der Waals surface area contributed by atoms with E-state index in [1.54, 1.807) is 16.9 Å². The molecule has 1 N–H and O–H groups in total. The first-order chi connectivity index (χ1) is 12.6. The van der Waals surface area contributed by atoms with Gasteiger partial charge in [-0.2, -0.15) is 5.10 Å². The van der Waals surface area contributed by atoms with E-state index in [9.17, 15) is 4.79 Å². The highest BCUT2D eigenvalue weighted by molar-refractivity contribution is 6.30. The van der Waals surface area contributed by atoms with Crippen LogP contribution >= 0.6 is 11.6 Å². The second-order valence-electron chi connectivity index (χ2n) is 5.80. The maximum Gasteiger partial charge on any atom is 0.255 e. The number of halogens is 1. The van der Waals surface area contributed by atoms with Crippen molar-refractivity contribution in [3.05, 3.63) is 76.6 Å². The van der Waals surface area contributed by atoms with Crippen LogP contribution in [0.5, 0.6) is 5.75 Å². The van der Waals surface area contributed by atoms with Gasteiger partial charge in [0, 0.05) is 11.6 Å². The van der Waals surface area contributed by atoms with Crippen molar-refractivity contribution in [3.8, 4) is 11.4 Å². The Morgan fingerprint density at radius 2 is 2.04 bits per heavy atom. The fourth-order valence-corrected chi connectivity index (χ4v) is 2.87. The van der Waals surface area contributed by atoms with Crippen molar-refractivity contribution in [2.24, 2.45) is 0 Å². The molecule has 1 aromatic heterocycles. The van der Waals surface area contributed by atoms with Crippen LogP contribution < -0.4 is 10.1 Å². The molecule has 0 saturated heterocycles. The Kier molecular flexibility index (Phi) is 5.58. The monoisotopic (exact) mass is 369 g/mol. The summed E-state index contributed by atoms with van der Waals surface area (Å²) in [5.41, 5.74) is 3.08. The molecule has 0 aliphatic rings. The summed E-state index contributed by atoms with van der Waals surface area (Å²) in [6.07, 6.45) is 1.57. The third-order valence-corrected chi connectivity index (χ3v) is 4.20. The summed E-state index contributed by atoms with van der Waals surface area (Å²) in [5, 5.41) is 7.87. The fraction of sp³-hybridized carbons (Fsp3) is 0.200. The van der Waals surface area contributed by atoms with Gasteiger partial charge in [0.1, 0.15) is 5.75 Å². The highest BCUT2D eigenvalue weighted by Crippen LogP contribution is 2.18. The van der Waals surface area contributed by atoms with Gasteiger partial charge in [0.25, 0.3) is 5.91 Å². The lowest BCUT2D eigenvalue weighted by molar-refractivity contribution is 0.0950. The zero-order valence-corrected chi connectivity index (χ0v) is 15.5. The van der Waals surface area contributed by atoms with E-state index in [0.717, 1.165) is 22.7 Å². The smallest absolute Gasteiger partial charge is 0.255 e. The molecule has 0 saturated carbocycles. The number of rotatable bonds is 6. The fourth-order valence-electron chi connectivity index (χ4n) is 2.69. The normalized spacial score (nSPS) is 10.6. The maximum absolute atomic E-state index is 12.5. The molecule has 134 valence electrons. The Bertz CT molecular complexity index is 921. The molecule has 26 heavy (non-hydrogen) atoms. The first-order valence-electron chi connectivity index (χ1n) is 8.39. The SMILES string of the molecule is CCOc1cccc(CNC(=O)c2cnn(-c3cccc(Cl)c3)c2C)c1. The van der Waals surface area contributed by atoms with Crippen LogP contribution in [0.25, 0.3) is 5.69 Å². The Hall–Kier alpha value is -2.79. The molecular formula is C20H20ClN3O2. The van der Waals surface area contributed by atoms with Crippen LogP contribution in [0.15, 0.2) is 54.7 Å². The third kappa shape index (κ3) is 4.06. The van der Waals surface area contributed by atoms with Gasteiger partial charge in [0.05, 0.1) is 29.7 Å². The number of carbonyl (C=O) groups is 1. The van der Waals surface area contributed by atoms with Crippen molar-refractivity contribution in [2.45, 2.75) is 20.4 Å². The Labute approximate surface area is 157 Å². The molecule has 5 nitrogen and oxygen atoms in total. The van der Waals surface area contributed by atoms with Gasteiger partial charge in [-0.05, 0) is 49.7 Å². The average Bonchev–Trinajstić information content (AvgIpc) is 3.02. The summed E-state index contributed by atoms with van der Waals surface area (Å²) in [6, 6.07) is 15.0. The van der Waals surface area contributed by atoms with Gasteiger partial charge in [0.2, 0.25) is 0 Å². The molecule has 3 rings (SSSR count). The summed E-state index contributed by atoms with van der Waals surface area (Å²) >= 11 is 6.04. The number of nitrogens with zero attached hydrogens (tertiary/aromatic N) is 2. The number of aromatic nitrogens is 2. The van der Waals surface area contributed by atoms with Crippen LogP contribution in [-0.2, 0) is 6.54 Å². The predicted molar refractivity (Wildman–Crippen MR) is 102 cm³/mol. The minimum atomic E-state index is -0.169. The van der Waals surface area contributed by atoms with Crippen molar-refractivity contribution in [3.63, 3.8) is 0 Å². The van der Waals surface area contributed by atoms with Gasteiger partial charge in [-0.1, -0.05) is 29.8 Å². The number of nitrogens with one attached hydrogen (secondary N) is 1. The zero-order chi connectivity index (χ0) is 18.5. The van der Waals surface area contributed by atoms with E-state index in [1.807, 2.05) is 56.3 Å². The second-order valence-corrected chi connectivity index (χ2v) is 6.23. The summed E-state index contributed by atoms with van der Waals surface area (Å²) in [7, 11) is 0. The van der Waals surface area contributed by atoms with Gasteiger partial charge in [0.15, 0.2) is 0 Å². The maximum atomic E-state index is 12.5. The van der Waals surface area contributed by atoms with E-state index < -0.39 is 0 Å². The van der Waals surface area contributed by atoms with E-state index in [0.29, 0.717) is 23.7 Å².